The Balaban J connectivity index is 1.49. The van der Waals surface area contributed by atoms with Crippen LogP contribution in [0.4, 0.5) is 0 Å². The van der Waals surface area contributed by atoms with Crippen LogP contribution >= 0.6 is 11.3 Å². The number of imidazole rings is 1. The smallest absolute Gasteiger partial charge is 0.141 e. The molecule has 0 aliphatic carbocycles. The quantitative estimate of drug-likeness (QED) is 0.512. The number of likely N-dealkylation sites (tertiary alicyclic amines) is 1. The van der Waals surface area contributed by atoms with Crippen LogP contribution in [0.15, 0.2) is 30.7 Å². The lowest BCUT2D eigenvalue weighted by Crippen LogP contribution is -2.42. The maximum atomic E-state index is 6.00. The third-order valence-electron chi connectivity index (χ3n) is 6.83. The standard InChI is InChI=1S/C24H34N4OS/c1-6-29-16-24(10-9-20-13-21-22(30-20)26-17-27(21)5)11-12-28(15-24)23(3,4)19-8-7-18(2)25-14-19/h7-8,13-14,17H,6,9-12,15-16H2,1-5H3. The molecular weight excluding hydrogens is 392 g/mol. The van der Waals surface area contributed by atoms with Crippen molar-refractivity contribution in [3.05, 3.63) is 46.9 Å². The molecule has 3 aromatic heterocycles. The highest BCUT2D eigenvalue weighted by molar-refractivity contribution is 7.18. The average molecular weight is 427 g/mol. The van der Waals surface area contributed by atoms with Crippen molar-refractivity contribution in [2.24, 2.45) is 12.5 Å². The Morgan fingerprint density at radius 3 is 2.80 bits per heavy atom. The number of thiophene rings is 1. The van der Waals surface area contributed by atoms with Crippen molar-refractivity contribution in [2.45, 2.75) is 52.5 Å². The highest BCUT2D eigenvalue weighted by Crippen LogP contribution is 2.42. The molecule has 1 aliphatic heterocycles. The molecule has 0 amide bonds. The first-order chi connectivity index (χ1) is 14.3. The second-order valence-electron chi connectivity index (χ2n) is 9.31. The molecule has 4 rings (SSSR count). The number of aromatic nitrogens is 3. The van der Waals surface area contributed by atoms with E-state index in [2.05, 4.69) is 65.5 Å². The van der Waals surface area contributed by atoms with Crippen LogP contribution in [-0.4, -0.2) is 45.7 Å². The van der Waals surface area contributed by atoms with Gasteiger partial charge in [0.15, 0.2) is 0 Å². The fraction of sp³-hybridized carbons (Fsp3) is 0.583. The second kappa shape index (κ2) is 8.40. The van der Waals surface area contributed by atoms with Gasteiger partial charge in [0.2, 0.25) is 0 Å². The van der Waals surface area contributed by atoms with E-state index < -0.39 is 0 Å². The minimum atomic E-state index is -0.0316. The van der Waals surface area contributed by atoms with E-state index in [1.165, 1.54) is 22.4 Å². The van der Waals surface area contributed by atoms with Gasteiger partial charge in [-0.25, -0.2) is 4.98 Å². The molecule has 1 saturated heterocycles. The molecule has 5 nitrogen and oxygen atoms in total. The number of pyridine rings is 1. The molecule has 6 heteroatoms. The summed E-state index contributed by atoms with van der Waals surface area (Å²) in [5.41, 5.74) is 3.77. The first kappa shape index (κ1) is 21.5. The van der Waals surface area contributed by atoms with Crippen LogP contribution in [0.5, 0.6) is 0 Å². The van der Waals surface area contributed by atoms with Gasteiger partial charge >= 0.3 is 0 Å². The SMILES string of the molecule is CCOCC1(CCc2cc3c(ncn3C)s2)CCN(C(C)(C)c2ccc(C)nc2)C1. The van der Waals surface area contributed by atoms with Gasteiger partial charge in [-0.3, -0.25) is 9.88 Å². The zero-order chi connectivity index (χ0) is 21.4. The number of hydrogen-bond acceptors (Lipinski definition) is 5. The minimum absolute atomic E-state index is 0.0316. The van der Waals surface area contributed by atoms with Crippen molar-refractivity contribution in [3.8, 4) is 0 Å². The lowest BCUT2D eigenvalue weighted by Gasteiger charge is -2.38. The number of fused-ring (bicyclic) bond motifs is 1. The van der Waals surface area contributed by atoms with Crippen LogP contribution in [0.25, 0.3) is 10.3 Å². The van der Waals surface area contributed by atoms with Crippen molar-refractivity contribution in [1.29, 1.82) is 0 Å². The van der Waals surface area contributed by atoms with Crippen molar-refractivity contribution in [2.75, 3.05) is 26.3 Å². The summed E-state index contributed by atoms with van der Waals surface area (Å²) >= 11 is 1.83. The summed E-state index contributed by atoms with van der Waals surface area (Å²) in [6.07, 6.45) is 7.37. The predicted octanol–water partition coefficient (Wildman–Crippen LogP) is 4.93. The number of hydrogen-bond donors (Lipinski definition) is 0. The lowest BCUT2D eigenvalue weighted by atomic mass is 9.82. The number of rotatable bonds is 8. The molecule has 0 radical (unpaired) electrons. The maximum Gasteiger partial charge on any atom is 0.141 e. The Labute approximate surface area is 184 Å². The first-order valence-electron chi connectivity index (χ1n) is 11.0. The monoisotopic (exact) mass is 426 g/mol. The molecular formula is C24H34N4OS. The van der Waals surface area contributed by atoms with Gasteiger partial charge in [-0.1, -0.05) is 6.07 Å². The highest BCUT2D eigenvalue weighted by atomic mass is 32.1. The van der Waals surface area contributed by atoms with E-state index in [-0.39, 0.29) is 11.0 Å². The van der Waals surface area contributed by atoms with Gasteiger partial charge < -0.3 is 9.30 Å². The normalized spacial score (nSPS) is 20.4. The molecule has 1 atom stereocenters. The van der Waals surface area contributed by atoms with Crippen LogP contribution in [0, 0.1) is 12.3 Å². The van der Waals surface area contributed by atoms with Crippen LogP contribution in [0.2, 0.25) is 0 Å². The van der Waals surface area contributed by atoms with Crippen LogP contribution in [0.1, 0.15) is 49.7 Å². The molecule has 1 fully saturated rings. The molecule has 162 valence electrons. The van der Waals surface area contributed by atoms with Crippen molar-refractivity contribution < 1.29 is 4.74 Å². The number of ether oxygens (including phenoxy) is 1. The van der Waals surface area contributed by atoms with Crippen molar-refractivity contribution in [3.63, 3.8) is 0 Å². The molecule has 0 aromatic carbocycles. The van der Waals surface area contributed by atoms with E-state index in [1.807, 2.05) is 30.8 Å². The number of nitrogens with zero attached hydrogens (tertiary/aromatic N) is 4. The van der Waals surface area contributed by atoms with Crippen LogP contribution in [-0.2, 0) is 23.7 Å². The Kier molecular flexibility index (Phi) is 6.02. The van der Waals surface area contributed by atoms with Crippen LogP contribution in [0.3, 0.4) is 0 Å². The van der Waals surface area contributed by atoms with Gasteiger partial charge in [0.05, 0.1) is 18.5 Å². The van der Waals surface area contributed by atoms with E-state index in [0.717, 1.165) is 49.7 Å². The Morgan fingerprint density at radius 2 is 2.10 bits per heavy atom. The maximum absolute atomic E-state index is 6.00. The van der Waals surface area contributed by atoms with Gasteiger partial charge in [0, 0.05) is 47.9 Å². The molecule has 30 heavy (non-hydrogen) atoms. The van der Waals surface area contributed by atoms with E-state index in [1.54, 1.807) is 0 Å². The summed E-state index contributed by atoms with van der Waals surface area (Å²) in [6.45, 7) is 12.6. The van der Waals surface area contributed by atoms with Gasteiger partial charge in [-0.2, -0.15) is 0 Å². The van der Waals surface area contributed by atoms with Crippen molar-refractivity contribution in [1.82, 2.24) is 19.4 Å². The summed E-state index contributed by atoms with van der Waals surface area (Å²) in [6, 6.07) is 6.67. The first-order valence-corrected chi connectivity index (χ1v) is 11.8. The molecule has 3 aromatic rings. The summed E-state index contributed by atoms with van der Waals surface area (Å²) in [7, 11) is 2.07. The van der Waals surface area contributed by atoms with Gasteiger partial charge in [-0.15, -0.1) is 11.3 Å². The van der Waals surface area contributed by atoms with E-state index in [0.29, 0.717) is 0 Å². The molecule has 1 unspecified atom stereocenters. The minimum Gasteiger partial charge on any atom is -0.381 e. The van der Waals surface area contributed by atoms with E-state index in [4.69, 9.17) is 4.74 Å². The third-order valence-corrected chi connectivity index (χ3v) is 7.93. The van der Waals surface area contributed by atoms with E-state index in [9.17, 15) is 0 Å². The summed E-state index contributed by atoms with van der Waals surface area (Å²) in [5, 5.41) is 0. The fourth-order valence-corrected chi connectivity index (χ4v) is 5.65. The molecule has 4 heterocycles. The van der Waals surface area contributed by atoms with Crippen LogP contribution < -0.4 is 0 Å². The third kappa shape index (κ3) is 4.18. The Hall–Kier alpha value is -1.76. The molecule has 0 saturated carbocycles. The fourth-order valence-electron chi connectivity index (χ4n) is 4.62. The average Bonchev–Trinajstić information content (AvgIpc) is 3.42. The predicted molar refractivity (Wildman–Crippen MR) is 124 cm³/mol. The van der Waals surface area contributed by atoms with Crippen molar-refractivity contribution >= 4 is 21.7 Å². The van der Waals surface area contributed by atoms with Gasteiger partial charge in [0.1, 0.15) is 4.83 Å². The zero-order valence-electron chi connectivity index (χ0n) is 18.9. The highest BCUT2D eigenvalue weighted by Gasteiger charge is 2.43. The molecule has 0 bridgehead atoms. The summed E-state index contributed by atoms with van der Waals surface area (Å²) in [5.74, 6) is 0. The van der Waals surface area contributed by atoms with Gasteiger partial charge in [0.25, 0.3) is 0 Å². The zero-order valence-corrected chi connectivity index (χ0v) is 19.8. The summed E-state index contributed by atoms with van der Waals surface area (Å²) < 4.78 is 8.11. The molecule has 0 N–H and O–H groups in total. The largest absolute Gasteiger partial charge is 0.381 e. The summed E-state index contributed by atoms with van der Waals surface area (Å²) in [4.78, 5) is 14.3. The molecule has 0 spiro atoms. The second-order valence-corrected chi connectivity index (χ2v) is 10.4. The Bertz CT molecular complexity index is 990. The number of aryl methyl sites for hydroxylation is 3. The topological polar surface area (TPSA) is 43.2 Å². The molecule has 1 aliphatic rings. The van der Waals surface area contributed by atoms with E-state index >= 15 is 0 Å². The Morgan fingerprint density at radius 1 is 1.27 bits per heavy atom. The lowest BCUT2D eigenvalue weighted by molar-refractivity contribution is 0.0386. The van der Waals surface area contributed by atoms with Gasteiger partial charge in [-0.05, 0) is 71.2 Å².